The lowest BCUT2D eigenvalue weighted by Crippen LogP contribution is -2.27. The van der Waals surface area contributed by atoms with E-state index < -0.39 is 0 Å². The number of benzene rings is 1. The summed E-state index contributed by atoms with van der Waals surface area (Å²) in [6.45, 7) is 0. The molecule has 25 heavy (non-hydrogen) atoms. The Kier molecular flexibility index (Phi) is 4.05. The van der Waals surface area contributed by atoms with Crippen LogP contribution in [0.2, 0.25) is 0 Å². The third-order valence-electron chi connectivity index (χ3n) is 4.72. The maximum absolute atomic E-state index is 10.6. The van der Waals surface area contributed by atoms with Gasteiger partial charge in [0.15, 0.2) is 5.65 Å². The highest BCUT2D eigenvalue weighted by Gasteiger charge is 2.22. The van der Waals surface area contributed by atoms with Crippen LogP contribution in [0.15, 0.2) is 47.9 Å². The van der Waals surface area contributed by atoms with E-state index in [0.29, 0.717) is 6.04 Å². The molecule has 1 saturated carbocycles. The summed E-state index contributed by atoms with van der Waals surface area (Å²) in [7, 11) is 0. The summed E-state index contributed by atoms with van der Waals surface area (Å²) >= 11 is 0. The van der Waals surface area contributed by atoms with Crippen LogP contribution in [-0.2, 0) is 0 Å². The average Bonchev–Trinajstić information content (AvgIpc) is 3.06. The normalized spacial score (nSPS) is 20.5. The van der Waals surface area contributed by atoms with Crippen LogP contribution in [0.3, 0.4) is 0 Å². The zero-order valence-corrected chi connectivity index (χ0v) is 13.7. The first-order valence-corrected chi connectivity index (χ1v) is 8.46. The second-order valence-electron chi connectivity index (χ2n) is 6.44. The van der Waals surface area contributed by atoms with Gasteiger partial charge in [-0.15, -0.1) is 0 Å². The maximum atomic E-state index is 10.6. The molecule has 2 N–H and O–H groups in total. The van der Waals surface area contributed by atoms with Gasteiger partial charge in [0.2, 0.25) is 0 Å². The van der Waals surface area contributed by atoms with Crippen molar-refractivity contribution in [2.75, 3.05) is 5.32 Å². The Morgan fingerprint density at radius 1 is 1.20 bits per heavy atom. The van der Waals surface area contributed by atoms with Gasteiger partial charge >= 0.3 is 0 Å². The molecule has 2 aromatic heterocycles. The highest BCUT2D eigenvalue weighted by molar-refractivity contribution is 5.78. The van der Waals surface area contributed by atoms with Gasteiger partial charge in [0.05, 0.1) is 12.2 Å². The average molecular weight is 337 g/mol. The summed E-state index contributed by atoms with van der Waals surface area (Å²) in [6, 6.07) is 9.23. The Bertz CT molecular complexity index is 899. The molecule has 0 saturated heterocycles. The van der Waals surface area contributed by atoms with Crippen molar-refractivity contribution >= 4 is 11.5 Å². The largest absolute Gasteiger partial charge is 0.508 e. The van der Waals surface area contributed by atoms with E-state index >= 15 is 0 Å². The van der Waals surface area contributed by atoms with Gasteiger partial charge in [0.25, 0.3) is 0 Å². The van der Waals surface area contributed by atoms with Crippen molar-refractivity contribution in [3.63, 3.8) is 0 Å². The molecule has 3 aromatic rings. The summed E-state index contributed by atoms with van der Waals surface area (Å²) in [5, 5.41) is 20.6. The summed E-state index contributed by atoms with van der Waals surface area (Å²) in [5.74, 6) is 1.00. The third kappa shape index (κ3) is 3.17. The van der Waals surface area contributed by atoms with Crippen molar-refractivity contribution < 1.29 is 5.11 Å². The Hall–Kier alpha value is -2.96. The molecule has 1 aliphatic carbocycles. The van der Waals surface area contributed by atoms with Gasteiger partial charge in [-0.3, -0.25) is 0 Å². The van der Waals surface area contributed by atoms with Gasteiger partial charge in [0.1, 0.15) is 11.6 Å². The number of nitrogens with one attached hydrogen (secondary N) is 1. The van der Waals surface area contributed by atoms with Crippen molar-refractivity contribution in [1.29, 1.82) is 0 Å². The topological polar surface area (TPSA) is 91.9 Å². The summed E-state index contributed by atoms with van der Waals surface area (Å²) < 4.78 is 1.72. The zero-order valence-electron chi connectivity index (χ0n) is 13.7. The first-order chi connectivity index (χ1) is 12.2. The van der Waals surface area contributed by atoms with Gasteiger partial charge < -0.3 is 10.4 Å². The van der Waals surface area contributed by atoms with Gasteiger partial charge in [0, 0.05) is 17.8 Å². The van der Waals surface area contributed by atoms with Crippen LogP contribution < -0.4 is 5.32 Å². The lowest BCUT2D eigenvalue weighted by atomic mass is 9.92. The highest BCUT2D eigenvalue weighted by atomic mass is 16.3. The van der Waals surface area contributed by atoms with E-state index in [1.807, 2.05) is 18.3 Å². The smallest absolute Gasteiger partial charge is 0.165 e. The molecule has 4 rings (SSSR count). The number of aromatic hydroxyl groups is 1. The zero-order chi connectivity index (χ0) is 17.2. The molecule has 0 bridgehead atoms. The van der Waals surface area contributed by atoms with Crippen molar-refractivity contribution in [3.05, 3.63) is 47.6 Å². The van der Waals surface area contributed by atoms with Crippen molar-refractivity contribution in [3.8, 4) is 16.9 Å². The molecule has 2 heterocycles. The van der Waals surface area contributed by atoms with E-state index in [4.69, 9.17) is 4.98 Å². The van der Waals surface area contributed by atoms with E-state index in [2.05, 4.69) is 15.6 Å². The molecule has 0 atom stereocenters. The molecule has 0 spiro atoms. The first kappa shape index (κ1) is 15.6. The fraction of sp³-hybridized carbons (Fsp3) is 0.333. The Labute approximate surface area is 144 Å². The summed E-state index contributed by atoms with van der Waals surface area (Å²) in [6.07, 6.45) is 7.11. The number of hydrogen-bond donors (Lipinski definition) is 2. The number of nitroso groups, excluding NO2 is 1. The molecular weight excluding hydrogens is 318 g/mol. The molecule has 128 valence electrons. The van der Waals surface area contributed by atoms with Crippen LogP contribution in [0.4, 0.5) is 5.82 Å². The highest BCUT2D eigenvalue weighted by Crippen LogP contribution is 2.28. The van der Waals surface area contributed by atoms with E-state index in [9.17, 15) is 10.0 Å². The predicted octanol–water partition coefficient (Wildman–Crippen LogP) is 3.59. The van der Waals surface area contributed by atoms with Crippen molar-refractivity contribution in [1.82, 2.24) is 14.6 Å². The molecule has 0 aliphatic heterocycles. The predicted molar refractivity (Wildman–Crippen MR) is 95.5 cm³/mol. The van der Waals surface area contributed by atoms with E-state index in [1.54, 1.807) is 28.9 Å². The first-order valence-electron chi connectivity index (χ1n) is 8.46. The van der Waals surface area contributed by atoms with Gasteiger partial charge in [-0.25, -0.2) is 9.50 Å². The lowest BCUT2D eigenvalue weighted by molar-refractivity contribution is 0.410. The Morgan fingerprint density at radius 3 is 2.80 bits per heavy atom. The maximum Gasteiger partial charge on any atom is 0.165 e. The summed E-state index contributed by atoms with van der Waals surface area (Å²) in [4.78, 5) is 15.3. The lowest BCUT2D eigenvalue weighted by Gasteiger charge is -2.25. The van der Waals surface area contributed by atoms with E-state index in [1.165, 1.54) is 0 Å². The fourth-order valence-electron chi connectivity index (χ4n) is 3.36. The molecule has 1 aromatic carbocycles. The molecule has 1 fully saturated rings. The van der Waals surface area contributed by atoms with E-state index in [-0.39, 0.29) is 11.8 Å². The molecule has 7 heteroatoms. The Balaban J connectivity index is 1.59. The number of nitrogens with zero attached hydrogens (tertiary/aromatic N) is 4. The molecule has 0 unspecified atom stereocenters. The van der Waals surface area contributed by atoms with Crippen LogP contribution in [0.5, 0.6) is 5.75 Å². The van der Waals surface area contributed by atoms with Crippen LogP contribution in [0, 0.1) is 4.91 Å². The number of anilines is 1. The number of fused-ring (bicyclic) bond motifs is 1. The van der Waals surface area contributed by atoms with Crippen LogP contribution in [0.25, 0.3) is 16.8 Å². The third-order valence-corrected chi connectivity index (χ3v) is 4.72. The minimum Gasteiger partial charge on any atom is -0.508 e. The second kappa shape index (κ2) is 6.51. The second-order valence-corrected chi connectivity index (χ2v) is 6.44. The fourth-order valence-corrected chi connectivity index (χ4v) is 3.36. The number of hydrogen-bond acceptors (Lipinski definition) is 6. The number of phenolic OH excluding ortho intramolecular Hbond substituents is 1. The SMILES string of the molecule is O=NC1CCC(Nc2ccn3ncc(-c4cccc(O)c4)c3n2)CC1. The van der Waals surface area contributed by atoms with Crippen LogP contribution in [0.1, 0.15) is 25.7 Å². The van der Waals surface area contributed by atoms with Crippen molar-refractivity contribution in [2.45, 2.75) is 37.8 Å². The number of aromatic nitrogens is 3. The van der Waals surface area contributed by atoms with Crippen LogP contribution >= 0.6 is 0 Å². The molecule has 7 nitrogen and oxygen atoms in total. The van der Waals surface area contributed by atoms with Crippen LogP contribution in [-0.4, -0.2) is 31.8 Å². The molecule has 0 radical (unpaired) electrons. The molecule has 0 amide bonds. The van der Waals surface area contributed by atoms with E-state index in [0.717, 1.165) is 48.3 Å². The quantitative estimate of drug-likeness (QED) is 0.710. The van der Waals surface area contributed by atoms with Gasteiger partial charge in [-0.2, -0.15) is 10.0 Å². The summed E-state index contributed by atoms with van der Waals surface area (Å²) in [5.41, 5.74) is 2.48. The Morgan fingerprint density at radius 2 is 2.04 bits per heavy atom. The van der Waals surface area contributed by atoms with Crippen molar-refractivity contribution in [2.24, 2.45) is 5.18 Å². The molecular formula is C18H19N5O2. The van der Waals surface area contributed by atoms with Gasteiger partial charge in [-0.05, 0) is 49.4 Å². The number of rotatable bonds is 4. The number of phenols is 1. The monoisotopic (exact) mass is 337 g/mol. The minimum absolute atomic E-state index is 0.0410. The minimum atomic E-state index is -0.0410. The van der Waals surface area contributed by atoms with Gasteiger partial charge in [-0.1, -0.05) is 17.3 Å². The molecule has 1 aliphatic rings. The standard InChI is InChI=1S/C18H19N5O2/c24-15-3-1-2-12(10-15)16-11-19-23-9-8-17(21-18(16)23)20-13-4-6-14(22-25)7-5-13/h1-3,8-11,13-14,24H,4-7H2,(H,20,21).